The lowest BCUT2D eigenvalue weighted by atomic mass is 10.1. The van der Waals surface area contributed by atoms with Crippen LogP contribution in [0.2, 0.25) is 0 Å². The van der Waals surface area contributed by atoms with Crippen molar-refractivity contribution in [1.29, 1.82) is 0 Å². The summed E-state index contributed by atoms with van der Waals surface area (Å²) in [6.07, 6.45) is 0.262. The van der Waals surface area contributed by atoms with Crippen LogP contribution in [-0.4, -0.2) is 34.8 Å². The molecule has 2 aliphatic rings. The van der Waals surface area contributed by atoms with Gasteiger partial charge in [-0.15, -0.1) is 0 Å². The summed E-state index contributed by atoms with van der Waals surface area (Å²) in [7, 11) is 0. The van der Waals surface area contributed by atoms with E-state index >= 15 is 0 Å². The Labute approximate surface area is 148 Å². The van der Waals surface area contributed by atoms with Gasteiger partial charge in [0.1, 0.15) is 6.04 Å². The predicted molar refractivity (Wildman–Crippen MR) is 90.1 cm³/mol. The van der Waals surface area contributed by atoms with Crippen LogP contribution < -0.4 is 4.90 Å². The first-order valence-corrected chi connectivity index (χ1v) is 8.06. The summed E-state index contributed by atoms with van der Waals surface area (Å²) < 4.78 is 0. The normalized spacial score (nSPS) is 18.0. The fraction of sp³-hybridized carbons (Fsp3) is 0.158. The number of hydroxylamine groups is 2. The fourth-order valence-electron chi connectivity index (χ4n) is 3.36. The third-order valence-electron chi connectivity index (χ3n) is 4.53. The average molecular weight is 350 g/mol. The van der Waals surface area contributed by atoms with Gasteiger partial charge in [0.05, 0.1) is 11.1 Å². The van der Waals surface area contributed by atoms with Crippen molar-refractivity contribution in [1.82, 2.24) is 5.06 Å². The second-order valence-corrected chi connectivity index (χ2v) is 6.10. The Morgan fingerprint density at radius 1 is 0.962 bits per heavy atom. The van der Waals surface area contributed by atoms with Crippen LogP contribution in [0, 0.1) is 0 Å². The minimum absolute atomic E-state index is 0.184. The molecule has 0 radical (unpaired) electrons. The molecule has 0 fully saturated rings. The minimum atomic E-state index is -0.922. The lowest BCUT2D eigenvalue weighted by molar-refractivity contribution is -0.170. The number of para-hydroxylation sites is 1. The van der Waals surface area contributed by atoms with E-state index in [9.17, 15) is 19.2 Å². The Bertz CT molecular complexity index is 933. The number of hydrogen-bond donors (Lipinski definition) is 0. The van der Waals surface area contributed by atoms with Crippen molar-refractivity contribution in [2.45, 2.75) is 19.4 Å². The van der Waals surface area contributed by atoms with Gasteiger partial charge in [-0.3, -0.25) is 19.3 Å². The molecule has 0 bridgehead atoms. The number of fused-ring (bicyclic) bond motifs is 2. The van der Waals surface area contributed by atoms with Gasteiger partial charge in [0.2, 0.25) is 5.91 Å². The lowest BCUT2D eigenvalue weighted by Gasteiger charge is -2.23. The zero-order valence-corrected chi connectivity index (χ0v) is 13.8. The third-order valence-corrected chi connectivity index (χ3v) is 4.53. The molecule has 0 aromatic heterocycles. The maximum atomic E-state index is 12.7. The summed E-state index contributed by atoms with van der Waals surface area (Å²) in [5, 5.41) is 0.467. The molecule has 7 nitrogen and oxygen atoms in total. The van der Waals surface area contributed by atoms with Crippen molar-refractivity contribution in [3.63, 3.8) is 0 Å². The largest absolute Gasteiger partial charge is 0.356 e. The van der Waals surface area contributed by atoms with Crippen LogP contribution in [0.5, 0.6) is 0 Å². The van der Waals surface area contributed by atoms with E-state index in [1.165, 1.54) is 24.0 Å². The molecule has 0 N–H and O–H groups in total. The van der Waals surface area contributed by atoms with Gasteiger partial charge in [-0.2, -0.15) is 0 Å². The summed E-state index contributed by atoms with van der Waals surface area (Å²) in [4.78, 5) is 55.8. The van der Waals surface area contributed by atoms with Gasteiger partial charge < -0.3 is 4.84 Å². The highest BCUT2D eigenvalue weighted by atomic mass is 16.7. The van der Waals surface area contributed by atoms with Gasteiger partial charge in [-0.25, -0.2) is 4.79 Å². The molecule has 130 valence electrons. The van der Waals surface area contributed by atoms with Crippen molar-refractivity contribution in [2.24, 2.45) is 0 Å². The molecule has 7 heteroatoms. The van der Waals surface area contributed by atoms with Crippen molar-refractivity contribution < 1.29 is 24.0 Å². The predicted octanol–water partition coefficient (Wildman–Crippen LogP) is 1.72. The molecule has 0 saturated carbocycles. The third kappa shape index (κ3) is 2.28. The first-order chi connectivity index (χ1) is 12.5. The number of anilines is 1. The van der Waals surface area contributed by atoms with Gasteiger partial charge in [0.25, 0.3) is 11.8 Å². The van der Waals surface area contributed by atoms with E-state index < -0.39 is 23.8 Å². The topological polar surface area (TPSA) is 84.0 Å². The highest BCUT2D eigenvalue weighted by Gasteiger charge is 2.43. The second kappa shape index (κ2) is 5.80. The standard InChI is InChI=1S/C19H14N2O5/c1-11(22)20-15-9-5-2-6-12(15)10-16(20)19(25)26-21-17(23)13-7-3-4-8-14(13)18(21)24/h2-9,16H,10H2,1H3/t16-/m0/s1. The number of nitrogens with zero attached hydrogens (tertiary/aromatic N) is 2. The van der Waals surface area contributed by atoms with Crippen molar-refractivity contribution >= 4 is 29.4 Å². The van der Waals surface area contributed by atoms with Crippen LogP contribution in [0.15, 0.2) is 48.5 Å². The number of carbonyl (C=O) groups is 4. The first kappa shape index (κ1) is 16.0. The molecule has 4 rings (SSSR count). The molecule has 2 heterocycles. The van der Waals surface area contributed by atoms with Gasteiger partial charge in [0, 0.05) is 19.0 Å². The Hall–Kier alpha value is -3.48. The molecular weight excluding hydrogens is 336 g/mol. The quantitative estimate of drug-likeness (QED) is 0.770. The highest BCUT2D eigenvalue weighted by Crippen LogP contribution is 2.33. The molecule has 3 amide bonds. The molecule has 0 unspecified atom stereocenters. The smallest absolute Gasteiger partial charge is 0.327 e. The zero-order chi connectivity index (χ0) is 18.4. The first-order valence-electron chi connectivity index (χ1n) is 8.06. The number of amides is 3. The van der Waals surface area contributed by atoms with E-state index in [2.05, 4.69) is 0 Å². The summed E-state index contributed by atoms with van der Waals surface area (Å²) in [5.74, 6) is -2.53. The Morgan fingerprint density at radius 3 is 2.15 bits per heavy atom. The van der Waals surface area contributed by atoms with E-state index in [-0.39, 0.29) is 23.5 Å². The maximum absolute atomic E-state index is 12.7. The Morgan fingerprint density at radius 2 is 1.54 bits per heavy atom. The number of hydrogen-bond acceptors (Lipinski definition) is 5. The number of carbonyl (C=O) groups excluding carboxylic acids is 4. The second-order valence-electron chi connectivity index (χ2n) is 6.10. The summed E-state index contributed by atoms with van der Waals surface area (Å²) in [6.45, 7) is 1.35. The summed E-state index contributed by atoms with van der Waals surface area (Å²) in [5.41, 5.74) is 1.82. The molecule has 2 aromatic carbocycles. The Balaban J connectivity index is 1.59. The van der Waals surface area contributed by atoms with Crippen LogP contribution in [0.25, 0.3) is 0 Å². The van der Waals surface area contributed by atoms with Crippen LogP contribution in [0.3, 0.4) is 0 Å². The van der Waals surface area contributed by atoms with Gasteiger partial charge >= 0.3 is 5.97 Å². The number of rotatable bonds is 2. The lowest BCUT2D eigenvalue weighted by Crippen LogP contribution is -2.46. The van der Waals surface area contributed by atoms with Crippen molar-refractivity contribution in [3.8, 4) is 0 Å². The van der Waals surface area contributed by atoms with Crippen molar-refractivity contribution in [2.75, 3.05) is 4.90 Å². The van der Waals surface area contributed by atoms with Crippen LogP contribution in [-0.2, 0) is 20.8 Å². The van der Waals surface area contributed by atoms with Crippen molar-refractivity contribution in [3.05, 3.63) is 65.2 Å². The van der Waals surface area contributed by atoms with Gasteiger partial charge in [-0.1, -0.05) is 35.4 Å². The molecule has 2 aromatic rings. The molecule has 0 spiro atoms. The number of benzene rings is 2. The van der Waals surface area contributed by atoms with E-state index in [4.69, 9.17) is 4.84 Å². The summed E-state index contributed by atoms with van der Waals surface area (Å²) in [6, 6.07) is 12.5. The van der Waals surface area contributed by atoms with Crippen LogP contribution in [0.1, 0.15) is 33.2 Å². The zero-order valence-electron chi connectivity index (χ0n) is 13.8. The maximum Gasteiger partial charge on any atom is 0.356 e. The van der Waals surface area contributed by atoms with E-state index in [0.717, 1.165) is 5.56 Å². The van der Waals surface area contributed by atoms with E-state index in [0.29, 0.717) is 10.8 Å². The average Bonchev–Trinajstić information content (AvgIpc) is 3.14. The molecule has 0 aliphatic carbocycles. The van der Waals surface area contributed by atoms with E-state index in [1.807, 2.05) is 12.1 Å². The van der Waals surface area contributed by atoms with E-state index in [1.54, 1.807) is 24.3 Å². The molecule has 2 aliphatic heterocycles. The monoisotopic (exact) mass is 350 g/mol. The highest BCUT2D eigenvalue weighted by molar-refractivity contribution is 6.21. The minimum Gasteiger partial charge on any atom is -0.327 e. The fourth-order valence-corrected chi connectivity index (χ4v) is 3.36. The van der Waals surface area contributed by atoms with Crippen LogP contribution >= 0.6 is 0 Å². The molecule has 1 atom stereocenters. The van der Waals surface area contributed by atoms with Crippen LogP contribution in [0.4, 0.5) is 5.69 Å². The SMILES string of the molecule is CC(=O)N1c2ccccc2C[C@H]1C(=O)ON1C(=O)c2ccccc2C1=O. The van der Waals surface area contributed by atoms with Gasteiger partial charge in [-0.05, 0) is 23.8 Å². The number of imide groups is 1. The van der Waals surface area contributed by atoms with Gasteiger partial charge in [0.15, 0.2) is 0 Å². The summed E-state index contributed by atoms with van der Waals surface area (Å²) >= 11 is 0. The molecular formula is C19H14N2O5. The Kier molecular flexibility index (Phi) is 3.57. The molecule has 0 saturated heterocycles. The molecule has 26 heavy (non-hydrogen) atoms.